The largest absolute Gasteiger partial charge is 0.239 e. The Kier molecular flexibility index (Phi) is 2.39. The first-order valence-corrected chi connectivity index (χ1v) is 5.51. The van der Waals surface area contributed by atoms with Crippen LogP contribution in [0.15, 0.2) is 22.9 Å². The lowest BCUT2D eigenvalue weighted by Crippen LogP contribution is -1.78. The van der Waals surface area contributed by atoms with Crippen molar-refractivity contribution < 1.29 is 0 Å². The molecule has 0 atom stereocenters. The van der Waals surface area contributed by atoms with E-state index < -0.39 is 0 Å². The van der Waals surface area contributed by atoms with Crippen LogP contribution in [0.1, 0.15) is 5.01 Å². The lowest BCUT2D eigenvalue weighted by Gasteiger charge is -1.86. The Morgan fingerprint density at radius 1 is 1.46 bits per heavy atom. The van der Waals surface area contributed by atoms with Crippen molar-refractivity contribution in [2.24, 2.45) is 0 Å². The summed E-state index contributed by atoms with van der Waals surface area (Å²) in [6.07, 6.45) is 0.413. The quantitative estimate of drug-likeness (QED) is 0.757. The minimum atomic E-state index is 0.413. The van der Waals surface area contributed by atoms with Crippen LogP contribution in [0, 0.1) is 11.3 Å². The minimum Gasteiger partial charge on any atom is -0.239 e. The van der Waals surface area contributed by atoms with Gasteiger partial charge in [0.2, 0.25) is 0 Å². The number of thiazole rings is 1. The number of nitrogens with zero attached hydrogens (tertiary/aromatic N) is 2. The summed E-state index contributed by atoms with van der Waals surface area (Å²) >= 11 is 3.21. The number of thiophene rings is 1. The summed E-state index contributed by atoms with van der Waals surface area (Å²) in [6.45, 7) is 0. The molecule has 0 saturated heterocycles. The highest BCUT2D eigenvalue weighted by molar-refractivity contribution is 7.14. The zero-order valence-corrected chi connectivity index (χ0v) is 8.36. The fourth-order valence-electron chi connectivity index (χ4n) is 0.997. The second kappa shape index (κ2) is 3.69. The van der Waals surface area contributed by atoms with Crippen LogP contribution in [0.25, 0.3) is 10.6 Å². The number of hydrogen-bond acceptors (Lipinski definition) is 4. The summed E-state index contributed by atoms with van der Waals surface area (Å²) in [5.74, 6) is 0. The average Bonchev–Trinajstić information content (AvgIpc) is 2.70. The van der Waals surface area contributed by atoms with Gasteiger partial charge >= 0.3 is 0 Å². The number of aromatic nitrogens is 1. The van der Waals surface area contributed by atoms with Crippen molar-refractivity contribution in [2.45, 2.75) is 6.42 Å². The van der Waals surface area contributed by atoms with Crippen LogP contribution < -0.4 is 0 Å². The maximum Gasteiger partial charge on any atom is 0.107 e. The molecule has 0 radical (unpaired) electrons. The van der Waals surface area contributed by atoms with E-state index in [1.54, 1.807) is 22.7 Å². The maximum absolute atomic E-state index is 8.48. The van der Waals surface area contributed by atoms with Crippen LogP contribution in [-0.4, -0.2) is 4.98 Å². The number of nitriles is 1. The summed E-state index contributed by atoms with van der Waals surface area (Å²) in [5, 5.41) is 13.4. The molecule has 0 aliphatic rings. The third kappa shape index (κ3) is 1.77. The molecule has 2 rings (SSSR count). The van der Waals surface area contributed by atoms with Crippen molar-refractivity contribution >= 4 is 22.7 Å². The Balaban J connectivity index is 2.29. The lowest BCUT2D eigenvalue weighted by molar-refractivity contribution is 1.19. The van der Waals surface area contributed by atoms with Crippen LogP contribution in [0.3, 0.4) is 0 Å². The van der Waals surface area contributed by atoms with Crippen molar-refractivity contribution in [1.29, 1.82) is 5.26 Å². The van der Waals surface area contributed by atoms with E-state index in [0.29, 0.717) is 6.42 Å². The minimum absolute atomic E-state index is 0.413. The Morgan fingerprint density at radius 3 is 3.08 bits per heavy atom. The van der Waals surface area contributed by atoms with Gasteiger partial charge in [0, 0.05) is 5.38 Å². The molecule has 0 amide bonds. The van der Waals surface area contributed by atoms with Gasteiger partial charge in [-0.05, 0) is 11.4 Å². The first-order chi connectivity index (χ1) is 6.40. The third-order valence-electron chi connectivity index (χ3n) is 1.56. The molecular formula is C9H6N2S2. The molecule has 64 valence electrons. The third-order valence-corrected chi connectivity index (χ3v) is 3.30. The number of rotatable bonds is 2. The molecule has 0 N–H and O–H groups in total. The summed E-state index contributed by atoms with van der Waals surface area (Å²) in [7, 11) is 0. The summed E-state index contributed by atoms with van der Waals surface area (Å²) < 4.78 is 0. The van der Waals surface area contributed by atoms with Crippen LogP contribution in [0.5, 0.6) is 0 Å². The smallest absolute Gasteiger partial charge is 0.107 e. The normalized spacial score (nSPS) is 9.77. The van der Waals surface area contributed by atoms with Crippen LogP contribution in [0.4, 0.5) is 0 Å². The molecule has 2 aromatic rings. The van der Waals surface area contributed by atoms with E-state index in [-0.39, 0.29) is 0 Å². The van der Waals surface area contributed by atoms with Gasteiger partial charge in [0.25, 0.3) is 0 Å². The molecule has 0 unspecified atom stereocenters. The molecule has 2 heterocycles. The van der Waals surface area contributed by atoms with E-state index in [2.05, 4.69) is 11.1 Å². The second-order valence-electron chi connectivity index (χ2n) is 2.44. The van der Waals surface area contributed by atoms with Crippen molar-refractivity contribution in [2.75, 3.05) is 0 Å². The lowest BCUT2D eigenvalue weighted by atomic mass is 10.4. The van der Waals surface area contributed by atoms with Gasteiger partial charge in [0.15, 0.2) is 0 Å². The van der Waals surface area contributed by atoms with Gasteiger partial charge in [-0.15, -0.1) is 22.7 Å². The molecule has 0 aliphatic heterocycles. The van der Waals surface area contributed by atoms with Crippen molar-refractivity contribution in [3.63, 3.8) is 0 Å². The standard InChI is InChI=1S/C9H6N2S2/c10-4-3-9-11-7(6-13-9)8-2-1-5-12-8/h1-2,5-6H,3H2. The van der Waals surface area contributed by atoms with E-state index in [1.807, 2.05) is 22.9 Å². The van der Waals surface area contributed by atoms with Crippen LogP contribution in [-0.2, 0) is 6.42 Å². The molecule has 0 aliphatic carbocycles. The van der Waals surface area contributed by atoms with Crippen molar-refractivity contribution in [1.82, 2.24) is 4.98 Å². The van der Waals surface area contributed by atoms with Gasteiger partial charge in [-0.2, -0.15) is 5.26 Å². The molecule has 0 spiro atoms. The highest BCUT2D eigenvalue weighted by Gasteiger charge is 2.03. The van der Waals surface area contributed by atoms with Crippen LogP contribution in [0.2, 0.25) is 0 Å². The first kappa shape index (κ1) is 8.42. The van der Waals surface area contributed by atoms with E-state index in [1.165, 1.54) is 4.88 Å². The molecule has 0 saturated carbocycles. The van der Waals surface area contributed by atoms with Crippen LogP contribution >= 0.6 is 22.7 Å². The topological polar surface area (TPSA) is 36.7 Å². The van der Waals surface area contributed by atoms with E-state index in [4.69, 9.17) is 5.26 Å². The Labute approximate surface area is 84.1 Å². The van der Waals surface area contributed by atoms with Crippen molar-refractivity contribution in [3.8, 4) is 16.6 Å². The van der Waals surface area contributed by atoms with Gasteiger partial charge in [-0.1, -0.05) is 6.07 Å². The van der Waals surface area contributed by atoms with E-state index >= 15 is 0 Å². The molecule has 0 bridgehead atoms. The molecule has 0 fully saturated rings. The molecule has 0 aromatic carbocycles. The van der Waals surface area contributed by atoms with E-state index in [0.717, 1.165) is 10.7 Å². The monoisotopic (exact) mass is 206 g/mol. The summed E-state index contributed by atoms with van der Waals surface area (Å²) in [6, 6.07) is 6.13. The van der Waals surface area contributed by atoms with Gasteiger partial charge in [-0.3, -0.25) is 0 Å². The van der Waals surface area contributed by atoms with E-state index in [9.17, 15) is 0 Å². The molecular weight excluding hydrogens is 200 g/mol. The highest BCUT2D eigenvalue weighted by Crippen LogP contribution is 2.25. The maximum atomic E-state index is 8.48. The van der Waals surface area contributed by atoms with Gasteiger partial charge in [-0.25, -0.2) is 4.98 Å². The Bertz CT molecular complexity index is 423. The fraction of sp³-hybridized carbons (Fsp3) is 0.111. The summed E-state index contributed by atoms with van der Waals surface area (Å²) in [4.78, 5) is 5.52. The molecule has 4 heteroatoms. The van der Waals surface area contributed by atoms with Crippen molar-refractivity contribution in [3.05, 3.63) is 27.9 Å². The van der Waals surface area contributed by atoms with Gasteiger partial charge in [0.05, 0.1) is 23.1 Å². The molecule has 2 nitrogen and oxygen atoms in total. The Hall–Kier alpha value is -1.18. The van der Waals surface area contributed by atoms with Gasteiger partial charge in [0.1, 0.15) is 5.01 Å². The zero-order valence-electron chi connectivity index (χ0n) is 6.73. The SMILES string of the molecule is N#CCc1nc(-c2cccs2)cs1. The second-order valence-corrected chi connectivity index (χ2v) is 4.33. The Morgan fingerprint density at radius 2 is 2.38 bits per heavy atom. The summed E-state index contributed by atoms with van der Waals surface area (Å²) in [5.41, 5.74) is 0.991. The highest BCUT2D eigenvalue weighted by atomic mass is 32.1. The first-order valence-electron chi connectivity index (χ1n) is 3.75. The predicted octanol–water partition coefficient (Wildman–Crippen LogP) is 2.94. The molecule has 2 aromatic heterocycles. The average molecular weight is 206 g/mol. The molecule has 13 heavy (non-hydrogen) atoms. The van der Waals surface area contributed by atoms with Gasteiger partial charge < -0.3 is 0 Å². The fourth-order valence-corrected chi connectivity index (χ4v) is 2.48. The predicted molar refractivity (Wildman–Crippen MR) is 54.7 cm³/mol. The number of hydrogen-bond donors (Lipinski definition) is 0. The zero-order chi connectivity index (χ0) is 9.10.